The van der Waals surface area contributed by atoms with Crippen LogP contribution < -0.4 is 15.8 Å². The van der Waals surface area contributed by atoms with Crippen LogP contribution in [0.25, 0.3) is 0 Å². The molecular formula is C14H18N4O2. The molecule has 0 atom stereocenters. The molecule has 0 unspecified atom stereocenters. The SMILES string of the molecule is CCOc1cccc(N)c1C(=O)Nc1cc(C)nn1C. The lowest BCUT2D eigenvalue weighted by molar-refractivity contribution is 0.102. The summed E-state index contributed by atoms with van der Waals surface area (Å²) < 4.78 is 7.05. The lowest BCUT2D eigenvalue weighted by Crippen LogP contribution is -2.17. The number of ether oxygens (including phenoxy) is 1. The molecule has 0 saturated heterocycles. The number of benzene rings is 1. The second kappa shape index (κ2) is 5.64. The van der Waals surface area contributed by atoms with Crippen LogP contribution in [0.5, 0.6) is 5.75 Å². The highest BCUT2D eigenvalue weighted by Crippen LogP contribution is 2.25. The van der Waals surface area contributed by atoms with Gasteiger partial charge in [-0.25, -0.2) is 0 Å². The Hall–Kier alpha value is -2.50. The third-order valence-electron chi connectivity index (χ3n) is 2.83. The number of carbonyl (C=O) groups excluding carboxylic acids is 1. The van der Waals surface area contributed by atoms with Crippen LogP contribution in [0.4, 0.5) is 11.5 Å². The largest absolute Gasteiger partial charge is 0.493 e. The topological polar surface area (TPSA) is 82.2 Å². The summed E-state index contributed by atoms with van der Waals surface area (Å²) in [5.41, 5.74) is 7.44. The van der Waals surface area contributed by atoms with Gasteiger partial charge >= 0.3 is 0 Å². The van der Waals surface area contributed by atoms with Crippen LogP contribution in [0.15, 0.2) is 24.3 Å². The number of nitrogens with one attached hydrogen (secondary N) is 1. The summed E-state index contributed by atoms with van der Waals surface area (Å²) in [5, 5.41) is 6.97. The molecule has 0 spiro atoms. The van der Waals surface area contributed by atoms with Crippen molar-refractivity contribution in [2.75, 3.05) is 17.7 Å². The van der Waals surface area contributed by atoms with Gasteiger partial charge in [0.1, 0.15) is 17.1 Å². The zero-order chi connectivity index (χ0) is 14.7. The first-order valence-electron chi connectivity index (χ1n) is 6.36. The molecule has 1 aromatic carbocycles. The van der Waals surface area contributed by atoms with Gasteiger partial charge in [-0.1, -0.05) is 6.07 Å². The Morgan fingerprint density at radius 2 is 2.25 bits per heavy atom. The van der Waals surface area contributed by atoms with E-state index in [1.54, 1.807) is 36.0 Å². The molecule has 0 saturated carbocycles. The monoisotopic (exact) mass is 274 g/mol. The van der Waals surface area contributed by atoms with E-state index in [1.165, 1.54) is 0 Å². The number of nitrogens with two attached hydrogens (primary N) is 1. The average Bonchev–Trinajstić information content (AvgIpc) is 2.68. The number of aromatic nitrogens is 2. The fraction of sp³-hybridized carbons (Fsp3) is 0.286. The van der Waals surface area contributed by atoms with Gasteiger partial charge in [0.05, 0.1) is 12.3 Å². The van der Waals surface area contributed by atoms with Crippen LogP contribution in [0, 0.1) is 6.92 Å². The highest BCUT2D eigenvalue weighted by atomic mass is 16.5. The molecule has 6 heteroatoms. The number of rotatable bonds is 4. The Bertz CT molecular complexity index is 634. The second-order valence-electron chi connectivity index (χ2n) is 4.40. The first kappa shape index (κ1) is 13.9. The van der Waals surface area contributed by atoms with Gasteiger partial charge < -0.3 is 15.8 Å². The van der Waals surface area contributed by atoms with Crippen LogP contribution in [-0.4, -0.2) is 22.3 Å². The van der Waals surface area contributed by atoms with Gasteiger partial charge in [0.2, 0.25) is 0 Å². The number of aryl methyl sites for hydroxylation is 2. The minimum atomic E-state index is -0.311. The molecule has 106 valence electrons. The van der Waals surface area contributed by atoms with Gasteiger partial charge in [-0.2, -0.15) is 5.10 Å². The van der Waals surface area contributed by atoms with E-state index < -0.39 is 0 Å². The van der Waals surface area contributed by atoms with Crippen LogP contribution in [-0.2, 0) is 7.05 Å². The predicted molar refractivity (Wildman–Crippen MR) is 77.9 cm³/mol. The Labute approximate surface area is 117 Å². The molecule has 0 radical (unpaired) electrons. The van der Waals surface area contributed by atoms with E-state index in [-0.39, 0.29) is 5.91 Å². The quantitative estimate of drug-likeness (QED) is 0.835. The van der Waals surface area contributed by atoms with Gasteiger partial charge in [-0.3, -0.25) is 9.48 Å². The number of nitrogens with zero attached hydrogens (tertiary/aromatic N) is 2. The summed E-state index contributed by atoms with van der Waals surface area (Å²) in [4.78, 5) is 12.4. The summed E-state index contributed by atoms with van der Waals surface area (Å²) in [6.07, 6.45) is 0. The summed E-state index contributed by atoms with van der Waals surface area (Å²) in [7, 11) is 1.76. The molecule has 0 bridgehead atoms. The fourth-order valence-corrected chi connectivity index (χ4v) is 1.97. The van der Waals surface area contributed by atoms with Crippen molar-refractivity contribution in [2.24, 2.45) is 7.05 Å². The molecule has 1 amide bonds. The fourth-order valence-electron chi connectivity index (χ4n) is 1.97. The summed E-state index contributed by atoms with van der Waals surface area (Å²) >= 11 is 0. The van der Waals surface area contributed by atoms with E-state index in [2.05, 4.69) is 10.4 Å². The number of nitrogen functional groups attached to an aromatic ring is 1. The minimum absolute atomic E-state index is 0.311. The third kappa shape index (κ3) is 2.74. The lowest BCUT2D eigenvalue weighted by atomic mass is 10.1. The number of hydrogen-bond donors (Lipinski definition) is 2. The molecule has 0 aliphatic heterocycles. The Morgan fingerprint density at radius 1 is 1.50 bits per heavy atom. The van der Waals surface area contributed by atoms with Gasteiger partial charge in [0, 0.05) is 18.8 Å². The molecule has 2 aromatic rings. The van der Waals surface area contributed by atoms with Gasteiger partial charge in [-0.15, -0.1) is 0 Å². The molecule has 1 aromatic heterocycles. The van der Waals surface area contributed by atoms with Crippen LogP contribution in [0.2, 0.25) is 0 Å². The number of carbonyl (C=O) groups is 1. The van der Waals surface area contributed by atoms with Gasteiger partial charge in [0.25, 0.3) is 5.91 Å². The van der Waals surface area contributed by atoms with E-state index in [9.17, 15) is 4.79 Å². The van der Waals surface area contributed by atoms with Crippen molar-refractivity contribution >= 4 is 17.4 Å². The maximum atomic E-state index is 12.4. The zero-order valence-corrected chi connectivity index (χ0v) is 11.8. The van der Waals surface area contributed by atoms with Crippen molar-refractivity contribution in [1.82, 2.24) is 9.78 Å². The first-order valence-corrected chi connectivity index (χ1v) is 6.36. The maximum Gasteiger partial charge on any atom is 0.262 e. The number of amides is 1. The molecule has 0 fully saturated rings. The van der Waals surface area contributed by atoms with Crippen molar-refractivity contribution < 1.29 is 9.53 Å². The minimum Gasteiger partial charge on any atom is -0.493 e. The summed E-state index contributed by atoms with van der Waals surface area (Å²) in [5.74, 6) is 0.775. The van der Waals surface area contributed by atoms with Crippen LogP contribution in [0.1, 0.15) is 23.0 Å². The molecular weight excluding hydrogens is 256 g/mol. The van der Waals surface area contributed by atoms with E-state index in [0.717, 1.165) is 5.69 Å². The van der Waals surface area contributed by atoms with Crippen molar-refractivity contribution in [2.45, 2.75) is 13.8 Å². The van der Waals surface area contributed by atoms with E-state index >= 15 is 0 Å². The summed E-state index contributed by atoms with van der Waals surface area (Å²) in [6, 6.07) is 6.94. The zero-order valence-electron chi connectivity index (χ0n) is 11.8. The van der Waals surface area contributed by atoms with Crippen molar-refractivity contribution in [3.05, 3.63) is 35.5 Å². The highest BCUT2D eigenvalue weighted by Gasteiger charge is 2.17. The second-order valence-corrected chi connectivity index (χ2v) is 4.40. The predicted octanol–water partition coefficient (Wildman–Crippen LogP) is 1.96. The third-order valence-corrected chi connectivity index (χ3v) is 2.83. The molecule has 0 aliphatic carbocycles. The average molecular weight is 274 g/mol. The molecule has 20 heavy (non-hydrogen) atoms. The Morgan fingerprint density at radius 3 is 2.85 bits per heavy atom. The first-order chi connectivity index (χ1) is 9.52. The highest BCUT2D eigenvalue weighted by molar-refractivity contribution is 6.09. The maximum absolute atomic E-state index is 12.4. The van der Waals surface area contributed by atoms with E-state index in [1.807, 2.05) is 13.8 Å². The molecule has 0 aliphatic rings. The van der Waals surface area contributed by atoms with E-state index in [4.69, 9.17) is 10.5 Å². The number of hydrogen-bond acceptors (Lipinski definition) is 4. The molecule has 2 rings (SSSR count). The standard InChI is InChI=1S/C14H18N4O2/c1-4-20-11-7-5-6-10(15)13(11)14(19)16-12-8-9(2)17-18(12)3/h5-8H,4,15H2,1-3H3,(H,16,19). The number of anilines is 2. The van der Waals surface area contributed by atoms with Gasteiger partial charge in [0.15, 0.2) is 0 Å². The Balaban J connectivity index is 2.31. The van der Waals surface area contributed by atoms with Crippen molar-refractivity contribution in [3.8, 4) is 5.75 Å². The van der Waals surface area contributed by atoms with Crippen LogP contribution >= 0.6 is 0 Å². The lowest BCUT2D eigenvalue weighted by Gasteiger charge is -2.12. The normalized spacial score (nSPS) is 10.3. The Kier molecular flexibility index (Phi) is 3.93. The van der Waals surface area contributed by atoms with Crippen LogP contribution in [0.3, 0.4) is 0 Å². The van der Waals surface area contributed by atoms with E-state index in [0.29, 0.717) is 29.4 Å². The molecule has 3 N–H and O–H groups in total. The van der Waals surface area contributed by atoms with Crippen molar-refractivity contribution in [3.63, 3.8) is 0 Å². The summed E-state index contributed by atoms with van der Waals surface area (Å²) in [6.45, 7) is 4.18. The van der Waals surface area contributed by atoms with Gasteiger partial charge in [-0.05, 0) is 26.0 Å². The van der Waals surface area contributed by atoms with Crippen molar-refractivity contribution in [1.29, 1.82) is 0 Å². The molecule has 1 heterocycles. The molecule has 6 nitrogen and oxygen atoms in total. The smallest absolute Gasteiger partial charge is 0.262 e.